The Morgan fingerprint density at radius 3 is 2.38 bits per heavy atom. The number of hydrogen-bond donors (Lipinski definition) is 0. The molecule has 266 valence electrons. The van der Waals surface area contributed by atoms with Gasteiger partial charge in [-0.25, -0.2) is 0 Å². The fourth-order valence-electron chi connectivity index (χ4n) is 11.4. The summed E-state index contributed by atoms with van der Waals surface area (Å²) in [7, 11) is 0. The minimum atomic E-state index is -0.420. The van der Waals surface area contributed by atoms with Crippen LogP contribution in [-0.2, 0) is 18.3 Å². The third-order valence-corrected chi connectivity index (χ3v) is 14.6. The van der Waals surface area contributed by atoms with Gasteiger partial charge in [-0.2, -0.15) is 0 Å². The Balaban J connectivity index is 1.09. The van der Waals surface area contributed by atoms with E-state index in [0.29, 0.717) is 0 Å². The van der Waals surface area contributed by atoms with Gasteiger partial charge in [-0.15, -0.1) is 11.3 Å². The van der Waals surface area contributed by atoms with Crippen molar-refractivity contribution in [2.45, 2.75) is 43.6 Å². The number of hydrogen-bond acceptors (Lipinski definition) is 2. The summed E-state index contributed by atoms with van der Waals surface area (Å²) in [4.78, 5) is 2.68. The van der Waals surface area contributed by atoms with Gasteiger partial charge in [0.1, 0.15) is 0 Å². The first kappa shape index (κ1) is 31.1. The predicted molar refractivity (Wildman–Crippen MR) is 236 cm³/mol. The van der Waals surface area contributed by atoms with E-state index in [4.69, 9.17) is 0 Å². The van der Waals surface area contributed by atoms with Crippen LogP contribution in [0.1, 0.15) is 63.9 Å². The van der Waals surface area contributed by atoms with Crippen molar-refractivity contribution < 1.29 is 0 Å². The summed E-state index contributed by atoms with van der Waals surface area (Å²) in [6, 6.07) is 46.9. The summed E-state index contributed by atoms with van der Waals surface area (Å²) in [5.74, 6) is 0. The average molecular weight is 735 g/mol. The number of rotatable bonds is 3. The summed E-state index contributed by atoms with van der Waals surface area (Å²) < 4.78 is 5.28. The van der Waals surface area contributed by atoms with Gasteiger partial charge < -0.3 is 9.47 Å². The fraction of sp³-hybridized carbons (Fsp3) is 0.132. The number of aryl methyl sites for hydroxylation is 1. The van der Waals surface area contributed by atoms with E-state index in [9.17, 15) is 0 Å². The SMILES string of the molecule is C1=CCC(N(C2=CCCc3c2ccc2c3-c3ccccc3C23c2ccccc2-n2c4c(c5cccc3c52)CCC=C4)c2cccc3sc4ccccc4c23)C=C1. The molecule has 13 rings (SSSR count). The summed E-state index contributed by atoms with van der Waals surface area (Å²) >= 11 is 1.91. The third kappa shape index (κ3) is 3.86. The van der Waals surface area contributed by atoms with Gasteiger partial charge in [-0.3, -0.25) is 0 Å². The zero-order valence-corrected chi connectivity index (χ0v) is 31.8. The van der Waals surface area contributed by atoms with E-state index in [0.717, 1.165) is 32.1 Å². The number of aromatic nitrogens is 1. The Morgan fingerprint density at radius 2 is 1.43 bits per heavy atom. The van der Waals surface area contributed by atoms with Crippen molar-refractivity contribution in [2.75, 3.05) is 4.90 Å². The Kier molecular flexibility index (Phi) is 6.35. The van der Waals surface area contributed by atoms with Crippen molar-refractivity contribution in [3.05, 3.63) is 202 Å². The highest BCUT2D eigenvalue weighted by atomic mass is 32.1. The molecule has 0 amide bonds. The van der Waals surface area contributed by atoms with Gasteiger partial charge in [0.25, 0.3) is 0 Å². The lowest BCUT2D eigenvalue weighted by Crippen LogP contribution is -2.35. The van der Waals surface area contributed by atoms with Crippen LogP contribution in [0.5, 0.6) is 0 Å². The number of thiophene rings is 1. The molecule has 5 aliphatic rings. The minimum absolute atomic E-state index is 0.212. The highest BCUT2D eigenvalue weighted by molar-refractivity contribution is 7.26. The lowest BCUT2D eigenvalue weighted by Gasteiger charge is -2.40. The molecule has 2 atom stereocenters. The van der Waals surface area contributed by atoms with Crippen LogP contribution in [-0.4, -0.2) is 10.6 Å². The Morgan fingerprint density at radius 1 is 0.625 bits per heavy atom. The number of benzene rings is 6. The highest BCUT2D eigenvalue weighted by Crippen LogP contribution is 2.62. The topological polar surface area (TPSA) is 8.17 Å². The largest absolute Gasteiger partial charge is 0.333 e. The Labute approximate surface area is 330 Å². The van der Waals surface area contributed by atoms with Crippen molar-refractivity contribution in [1.82, 2.24) is 4.57 Å². The summed E-state index contributed by atoms with van der Waals surface area (Å²) in [6.07, 6.45) is 21.6. The number of anilines is 1. The smallest absolute Gasteiger partial charge is 0.0754 e. The van der Waals surface area contributed by atoms with Gasteiger partial charge in [-0.05, 0) is 107 Å². The quantitative estimate of drug-likeness (QED) is 0.175. The van der Waals surface area contributed by atoms with Crippen LogP contribution in [0.25, 0.3) is 59.7 Å². The fourth-order valence-corrected chi connectivity index (χ4v) is 12.5. The molecule has 3 heterocycles. The van der Waals surface area contributed by atoms with Crippen LogP contribution < -0.4 is 4.90 Å². The van der Waals surface area contributed by atoms with Crippen LogP contribution in [0, 0.1) is 0 Å². The highest BCUT2D eigenvalue weighted by Gasteiger charge is 2.52. The molecule has 0 fully saturated rings. The van der Waals surface area contributed by atoms with Gasteiger partial charge in [0.2, 0.25) is 0 Å². The molecule has 0 bridgehead atoms. The Hall–Kier alpha value is -6.16. The molecular formula is C53H38N2S. The van der Waals surface area contributed by atoms with E-state index < -0.39 is 5.41 Å². The zero-order valence-electron chi connectivity index (χ0n) is 31.0. The maximum Gasteiger partial charge on any atom is 0.0754 e. The van der Waals surface area contributed by atoms with Crippen LogP contribution in [0.15, 0.2) is 158 Å². The molecule has 2 aromatic heterocycles. The first-order valence-electron chi connectivity index (χ1n) is 20.2. The summed E-state index contributed by atoms with van der Waals surface area (Å²) in [6.45, 7) is 0. The lowest BCUT2D eigenvalue weighted by atomic mass is 9.65. The van der Waals surface area contributed by atoms with Gasteiger partial charge in [-0.1, -0.05) is 134 Å². The van der Waals surface area contributed by atoms with Gasteiger partial charge in [0, 0.05) is 42.5 Å². The lowest BCUT2D eigenvalue weighted by molar-refractivity contribution is 0.741. The molecule has 4 aliphatic carbocycles. The van der Waals surface area contributed by atoms with E-state index in [1.54, 1.807) is 0 Å². The number of allylic oxidation sites excluding steroid dienone is 4. The van der Waals surface area contributed by atoms with Crippen LogP contribution >= 0.6 is 11.3 Å². The van der Waals surface area contributed by atoms with E-state index in [1.807, 2.05) is 11.3 Å². The number of para-hydroxylation sites is 2. The molecule has 3 heteroatoms. The molecule has 2 unspecified atom stereocenters. The molecule has 6 aromatic carbocycles. The van der Waals surface area contributed by atoms with E-state index in [1.165, 1.54) is 104 Å². The minimum Gasteiger partial charge on any atom is -0.333 e. The second-order valence-electron chi connectivity index (χ2n) is 16.0. The van der Waals surface area contributed by atoms with Gasteiger partial charge >= 0.3 is 0 Å². The molecular weight excluding hydrogens is 697 g/mol. The van der Waals surface area contributed by atoms with Gasteiger partial charge in [0.15, 0.2) is 0 Å². The molecule has 1 spiro atoms. The van der Waals surface area contributed by atoms with Crippen LogP contribution in [0.2, 0.25) is 0 Å². The first-order valence-corrected chi connectivity index (χ1v) is 21.1. The van der Waals surface area contributed by atoms with E-state index in [2.05, 4.69) is 173 Å². The van der Waals surface area contributed by atoms with Crippen LogP contribution in [0.4, 0.5) is 5.69 Å². The Bertz CT molecular complexity index is 3140. The predicted octanol–water partition coefficient (Wildman–Crippen LogP) is 13.3. The molecule has 2 nitrogen and oxygen atoms in total. The average Bonchev–Trinajstić information content (AvgIpc) is 3.91. The van der Waals surface area contributed by atoms with Crippen molar-refractivity contribution in [2.24, 2.45) is 0 Å². The molecule has 0 saturated heterocycles. The third-order valence-electron chi connectivity index (χ3n) is 13.4. The monoisotopic (exact) mass is 734 g/mol. The summed E-state index contributed by atoms with van der Waals surface area (Å²) in [5, 5.41) is 4.11. The first-order chi connectivity index (χ1) is 27.8. The van der Waals surface area contributed by atoms with Crippen molar-refractivity contribution in [3.8, 4) is 16.8 Å². The van der Waals surface area contributed by atoms with Crippen molar-refractivity contribution in [3.63, 3.8) is 0 Å². The van der Waals surface area contributed by atoms with Crippen LogP contribution in [0.3, 0.4) is 0 Å². The van der Waals surface area contributed by atoms with E-state index >= 15 is 0 Å². The molecule has 1 aliphatic heterocycles. The standard InChI is InChI=1S/C53H38N2S/c1-2-15-33(16-3-1)54(47-28-14-30-49-51(47)39-19-6-11-29-48(39)56-49)44-27-13-20-36-35(44)31-32-42-50(36)38-18-4-7-22-40(38)53(42)41-23-8-10-26-46(41)55-45-25-9-5-17-34(45)37-21-12-24-43(53)52(37)55/h1-4,6-12,14-15,18-19,21-33H,5,13,16-17,20H2. The van der Waals surface area contributed by atoms with Gasteiger partial charge in [0.05, 0.1) is 28.3 Å². The molecule has 8 aromatic rings. The summed E-state index contributed by atoms with van der Waals surface area (Å²) in [5.41, 5.74) is 19.1. The maximum absolute atomic E-state index is 2.68. The van der Waals surface area contributed by atoms with Crippen molar-refractivity contribution >= 4 is 59.9 Å². The maximum atomic E-state index is 2.68. The molecule has 0 saturated carbocycles. The normalized spacial score (nSPS) is 19.6. The van der Waals surface area contributed by atoms with Crippen molar-refractivity contribution in [1.29, 1.82) is 0 Å². The van der Waals surface area contributed by atoms with E-state index in [-0.39, 0.29) is 6.04 Å². The second kappa shape index (κ2) is 11.4. The number of nitrogens with zero attached hydrogens (tertiary/aromatic N) is 2. The molecule has 56 heavy (non-hydrogen) atoms. The number of fused-ring (bicyclic) bond motifs is 17. The second-order valence-corrected chi connectivity index (χ2v) is 17.1. The molecule has 0 radical (unpaired) electrons. The zero-order chi connectivity index (χ0) is 36.5. The molecule has 0 N–H and O–H groups in total.